The molecule has 5 nitrogen and oxygen atoms in total. The molecule has 0 bridgehead atoms. The highest BCUT2D eigenvalue weighted by atomic mass is 35.5. The maximum Gasteiger partial charge on any atom is 0.270 e. The Morgan fingerprint density at radius 2 is 2.00 bits per heavy atom. The quantitative estimate of drug-likeness (QED) is 0.549. The van der Waals surface area contributed by atoms with Gasteiger partial charge in [-0.1, -0.05) is 35.6 Å². The Hall–Kier alpha value is -2.22. The van der Waals surface area contributed by atoms with Gasteiger partial charge in [0.2, 0.25) is 0 Å². The number of rotatable bonds is 5. The van der Waals surface area contributed by atoms with E-state index in [0.29, 0.717) is 32.8 Å². The van der Waals surface area contributed by atoms with E-state index in [4.69, 9.17) is 33.3 Å². The first-order chi connectivity index (χ1) is 12.9. The standard InChI is InChI=1S/C19H16ClNO4S2/c1-3-25-15-9-11(8-14(20)17(15)22)10-16-18(23)21(19(26)27-16)12-4-6-13(24-2)7-5-12/h4-10,22H,3H2,1-2H3/b16-10+. The molecule has 1 fully saturated rings. The Kier molecular flexibility index (Phi) is 5.94. The van der Waals surface area contributed by atoms with Gasteiger partial charge < -0.3 is 14.6 Å². The number of hydrogen-bond donors (Lipinski definition) is 1. The highest BCUT2D eigenvalue weighted by Gasteiger charge is 2.33. The molecule has 0 saturated carbocycles. The van der Waals surface area contributed by atoms with Crippen molar-refractivity contribution in [3.63, 3.8) is 0 Å². The van der Waals surface area contributed by atoms with Crippen molar-refractivity contribution in [3.8, 4) is 17.2 Å². The first-order valence-electron chi connectivity index (χ1n) is 8.02. The number of phenolic OH excluding ortho intramolecular Hbond substituents is 1. The molecule has 1 N–H and O–H groups in total. The second kappa shape index (κ2) is 8.21. The van der Waals surface area contributed by atoms with Crippen LogP contribution in [0.1, 0.15) is 12.5 Å². The average molecular weight is 422 g/mol. The van der Waals surface area contributed by atoms with E-state index in [1.54, 1.807) is 56.5 Å². The minimum Gasteiger partial charge on any atom is -0.503 e. The number of anilines is 1. The molecule has 8 heteroatoms. The normalized spacial score (nSPS) is 15.5. The van der Waals surface area contributed by atoms with E-state index in [2.05, 4.69) is 0 Å². The summed E-state index contributed by atoms with van der Waals surface area (Å²) >= 11 is 12.6. The summed E-state index contributed by atoms with van der Waals surface area (Å²) in [4.78, 5) is 14.8. The number of nitrogens with zero attached hydrogens (tertiary/aromatic N) is 1. The smallest absolute Gasteiger partial charge is 0.270 e. The fourth-order valence-electron chi connectivity index (χ4n) is 2.52. The monoisotopic (exact) mass is 421 g/mol. The van der Waals surface area contributed by atoms with Crippen molar-refractivity contribution < 1.29 is 19.4 Å². The highest BCUT2D eigenvalue weighted by molar-refractivity contribution is 8.27. The topological polar surface area (TPSA) is 59.0 Å². The van der Waals surface area contributed by atoms with Crippen LogP contribution in [0.15, 0.2) is 41.3 Å². The molecule has 140 valence electrons. The summed E-state index contributed by atoms with van der Waals surface area (Å²) in [6.45, 7) is 2.19. The predicted molar refractivity (Wildman–Crippen MR) is 113 cm³/mol. The van der Waals surface area contributed by atoms with Crippen molar-refractivity contribution in [2.75, 3.05) is 18.6 Å². The molecule has 27 heavy (non-hydrogen) atoms. The van der Waals surface area contributed by atoms with Gasteiger partial charge in [-0.05, 0) is 55.0 Å². The summed E-state index contributed by atoms with van der Waals surface area (Å²) in [6.07, 6.45) is 1.68. The molecule has 1 aliphatic rings. The molecule has 0 aromatic heterocycles. The van der Waals surface area contributed by atoms with Crippen LogP contribution >= 0.6 is 35.6 Å². The van der Waals surface area contributed by atoms with Crippen molar-refractivity contribution in [1.82, 2.24) is 0 Å². The number of benzene rings is 2. The van der Waals surface area contributed by atoms with Gasteiger partial charge in [0, 0.05) is 0 Å². The Labute approximate surface area is 171 Å². The number of methoxy groups -OCH3 is 1. The molecule has 2 aromatic carbocycles. The van der Waals surface area contributed by atoms with Crippen LogP contribution < -0.4 is 14.4 Å². The fraction of sp³-hybridized carbons (Fsp3) is 0.158. The number of aromatic hydroxyl groups is 1. The molecule has 0 radical (unpaired) electrons. The number of carbonyl (C=O) groups is 1. The van der Waals surface area contributed by atoms with Gasteiger partial charge in [0.05, 0.1) is 29.3 Å². The van der Waals surface area contributed by atoms with Crippen molar-refractivity contribution in [2.45, 2.75) is 6.92 Å². The second-order valence-corrected chi connectivity index (χ2v) is 7.58. The molecule has 0 aliphatic carbocycles. The first kappa shape index (κ1) is 19.5. The van der Waals surface area contributed by atoms with Crippen LogP contribution in [0.2, 0.25) is 5.02 Å². The Bertz CT molecular complexity index is 928. The molecule has 2 aromatic rings. The molecule has 0 unspecified atom stereocenters. The Balaban J connectivity index is 1.92. The summed E-state index contributed by atoms with van der Waals surface area (Å²) in [5.41, 5.74) is 1.30. The van der Waals surface area contributed by atoms with E-state index in [9.17, 15) is 9.90 Å². The van der Waals surface area contributed by atoms with E-state index in [-0.39, 0.29) is 22.4 Å². The van der Waals surface area contributed by atoms with Gasteiger partial charge in [-0.3, -0.25) is 9.69 Å². The lowest BCUT2D eigenvalue weighted by molar-refractivity contribution is -0.113. The van der Waals surface area contributed by atoms with Crippen LogP contribution in [-0.4, -0.2) is 29.1 Å². The van der Waals surface area contributed by atoms with Crippen molar-refractivity contribution in [1.29, 1.82) is 0 Å². The van der Waals surface area contributed by atoms with Crippen LogP contribution in [0.5, 0.6) is 17.2 Å². The maximum absolute atomic E-state index is 12.8. The second-order valence-electron chi connectivity index (χ2n) is 5.50. The molecule has 1 saturated heterocycles. The minimum absolute atomic E-state index is 0.124. The molecule has 1 aliphatic heterocycles. The molecule has 3 rings (SSSR count). The van der Waals surface area contributed by atoms with Gasteiger partial charge in [0.25, 0.3) is 5.91 Å². The molecule has 0 spiro atoms. The van der Waals surface area contributed by atoms with E-state index in [1.165, 1.54) is 16.7 Å². The van der Waals surface area contributed by atoms with Gasteiger partial charge in [0.1, 0.15) is 5.75 Å². The first-order valence-corrected chi connectivity index (χ1v) is 9.62. The SMILES string of the molecule is CCOc1cc(/C=C2/SC(=S)N(c3ccc(OC)cc3)C2=O)cc(Cl)c1O. The molecule has 0 atom stereocenters. The third kappa shape index (κ3) is 4.05. The number of thioether (sulfide) groups is 1. The number of hydrogen-bond acceptors (Lipinski definition) is 6. The predicted octanol–water partition coefficient (Wildman–Crippen LogP) is 4.86. The van der Waals surface area contributed by atoms with Crippen LogP contribution in [-0.2, 0) is 4.79 Å². The average Bonchev–Trinajstić information content (AvgIpc) is 2.93. The molecule has 1 amide bonds. The van der Waals surface area contributed by atoms with Crippen molar-refractivity contribution in [2.24, 2.45) is 0 Å². The summed E-state index contributed by atoms with van der Waals surface area (Å²) in [5, 5.41) is 10.1. The third-order valence-electron chi connectivity index (χ3n) is 3.77. The van der Waals surface area contributed by atoms with Crippen LogP contribution in [0.3, 0.4) is 0 Å². The number of carbonyl (C=O) groups excluding carboxylic acids is 1. The summed E-state index contributed by atoms with van der Waals surface area (Å²) in [6, 6.07) is 10.3. The van der Waals surface area contributed by atoms with Gasteiger partial charge in [0.15, 0.2) is 15.8 Å². The highest BCUT2D eigenvalue weighted by Crippen LogP contribution is 2.39. The van der Waals surface area contributed by atoms with Gasteiger partial charge in [-0.2, -0.15) is 0 Å². The Morgan fingerprint density at radius 1 is 1.30 bits per heavy atom. The maximum atomic E-state index is 12.8. The van der Waals surface area contributed by atoms with E-state index in [1.807, 2.05) is 0 Å². The summed E-state index contributed by atoms with van der Waals surface area (Å²) < 4.78 is 11.0. The molecule has 1 heterocycles. The van der Waals surface area contributed by atoms with Gasteiger partial charge in [-0.15, -0.1) is 0 Å². The fourth-order valence-corrected chi connectivity index (χ4v) is 4.03. The van der Waals surface area contributed by atoms with E-state index in [0.717, 1.165) is 0 Å². The number of phenols is 1. The Morgan fingerprint density at radius 3 is 2.63 bits per heavy atom. The zero-order valence-electron chi connectivity index (χ0n) is 14.6. The number of ether oxygens (including phenoxy) is 2. The van der Waals surface area contributed by atoms with Crippen LogP contribution in [0, 0.1) is 0 Å². The zero-order chi connectivity index (χ0) is 19.6. The summed E-state index contributed by atoms with van der Waals surface area (Å²) in [5.74, 6) is 0.613. The molecular weight excluding hydrogens is 406 g/mol. The van der Waals surface area contributed by atoms with Crippen LogP contribution in [0.4, 0.5) is 5.69 Å². The largest absolute Gasteiger partial charge is 0.503 e. The minimum atomic E-state index is -0.225. The van der Waals surface area contributed by atoms with Crippen molar-refractivity contribution in [3.05, 3.63) is 51.9 Å². The van der Waals surface area contributed by atoms with E-state index >= 15 is 0 Å². The lowest BCUT2D eigenvalue weighted by Gasteiger charge is -2.14. The van der Waals surface area contributed by atoms with Gasteiger partial charge >= 0.3 is 0 Å². The van der Waals surface area contributed by atoms with Crippen LogP contribution in [0.25, 0.3) is 6.08 Å². The lowest BCUT2D eigenvalue weighted by Crippen LogP contribution is -2.27. The number of halogens is 1. The van der Waals surface area contributed by atoms with E-state index < -0.39 is 0 Å². The van der Waals surface area contributed by atoms with Crippen molar-refractivity contribution >= 4 is 57.6 Å². The summed E-state index contributed by atoms with van der Waals surface area (Å²) in [7, 11) is 1.58. The molecular formula is C19H16ClNO4S2. The zero-order valence-corrected chi connectivity index (χ0v) is 17.0. The third-order valence-corrected chi connectivity index (χ3v) is 5.36. The number of amides is 1. The number of thiocarbonyl (C=S) groups is 1. The lowest BCUT2D eigenvalue weighted by atomic mass is 10.1. The van der Waals surface area contributed by atoms with Gasteiger partial charge in [-0.25, -0.2) is 0 Å².